The van der Waals surface area contributed by atoms with Crippen molar-refractivity contribution in [3.05, 3.63) is 89.6 Å². The van der Waals surface area contributed by atoms with Crippen LogP contribution in [0.2, 0.25) is 0 Å². The third-order valence-corrected chi connectivity index (χ3v) is 4.88. The van der Waals surface area contributed by atoms with Crippen molar-refractivity contribution in [2.45, 2.75) is 12.3 Å². The van der Waals surface area contributed by atoms with Crippen molar-refractivity contribution < 1.29 is 18.4 Å². The second-order valence-electron chi connectivity index (χ2n) is 5.94. The van der Waals surface area contributed by atoms with E-state index in [1.54, 1.807) is 54.6 Å². The Morgan fingerprint density at radius 2 is 1.79 bits per heavy atom. The number of hydrogen-bond donors (Lipinski definition) is 2. The lowest BCUT2D eigenvalue weighted by Crippen LogP contribution is -2.25. The molecule has 3 aromatic rings. The number of hydrogen-bond acceptors (Lipinski definition) is 4. The molecule has 3 rings (SSSR count). The van der Waals surface area contributed by atoms with Crippen molar-refractivity contribution in [1.82, 2.24) is 5.32 Å². The van der Waals surface area contributed by atoms with E-state index in [0.717, 1.165) is 0 Å². The number of thioether (sulfide) groups is 1. The smallest absolute Gasteiger partial charge is 0.253 e. The summed E-state index contributed by atoms with van der Waals surface area (Å²) in [7, 11) is 0. The number of carbonyl (C=O) groups excluding carboxylic acids is 2. The lowest BCUT2D eigenvalue weighted by molar-refractivity contribution is -0.113. The third kappa shape index (κ3) is 5.47. The number of anilines is 1. The summed E-state index contributed by atoms with van der Waals surface area (Å²) in [5.41, 5.74) is 1.34. The van der Waals surface area contributed by atoms with Crippen molar-refractivity contribution in [1.29, 1.82) is 0 Å². The van der Waals surface area contributed by atoms with E-state index < -0.39 is 0 Å². The minimum absolute atomic E-state index is 0.149. The number of furan rings is 1. The molecule has 0 fully saturated rings. The van der Waals surface area contributed by atoms with Gasteiger partial charge in [-0.3, -0.25) is 9.59 Å². The SMILES string of the molecule is O=C(CSCc1ccccc1F)Nc1ccccc1C(=O)NCc1ccco1. The molecule has 28 heavy (non-hydrogen) atoms. The number of benzene rings is 2. The number of para-hydroxylation sites is 1. The molecular weight excluding hydrogens is 379 g/mol. The molecule has 0 saturated heterocycles. The van der Waals surface area contributed by atoms with Gasteiger partial charge in [-0.15, -0.1) is 11.8 Å². The Morgan fingerprint density at radius 3 is 2.57 bits per heavy atom. The monoisotopic (exact) mass is 398 g/mol. The highest BCUT2D eigenvalue weighted by atomic mass is 32.2. The van der Waals surface area contributed by atoms with Gasteiger partial charge in [-0.1, -0.05) is 30.3 Å². The summed E-state index contributed by atoms with van der Waals surface area (Å²) in [4.78, 5) is 24.7. The first-order chi connectivity index (χ1) is 13.6. The fourth-order valence-corrected chi connectivity index (χ4v) is 3.33. The molecule has 2 N–H and O–H groups in total. The van der Waals surface area contributed by atoms with Crippen LogP contribution in [0.5, 0.6) is 0 Å². The Bertz CT molecular complexity index is 944. The van der Waals surface area contributed by atoms with Crippen LogP contribution in [0.3, 0.4) is 0 Å². The predicted molar refractivity (Wildman–Crippen MR) is 108 cm³/mol. The maximum absolute atomic E-state index is 13.6. The van der Waals surface area contributed by atoms with E-state index in [1.165, 1.54) is 24.1 Å². The quantitative estimate of drug-likeness (QED) is 0.596. The molecule has 2 amide bonds. The third-order valence-electron chi connectivity index (χ3n) is 3.90. The van der Waals surface area contributed by atoms with Gasteiger partial charge in [0.15, 0.2) is 0 Å². The molecule has 0 saturated carbocycles. The first kappa shape index (κ1) is 19.7. The summed E-state index contributed by atoms with van der Waals surface area (Å²) in [5, 5.41) is 5.50. The van der Waals surface area contributed by atoms with Crippen molar-refractivity contribution in [2.24, 2.45) is 0 Å². The number of halogens is 1. The molecule has 0 unspecified atom stereocenters. The van der Waals surface area contributed by atoms with E-state index in [0.29, 0.717) is 28.3 Å². The minimum Gasteiger partial charge on any atom is -0.467 e. The number of nitrogens with one attached hydrogen (secondary N) is 2. The van der Waals surface area contributed by atoms with E-state index in [2.05, 4.69) is 10.6 Å². The van der Waals surface area contributed by atoms with Crippen molar-refractivity contribution in [3.63, 3.8) is 0 Å². The number of amides is 2. The lowest BCUT2D eigenvalue weighted by atomic mass is 10.1. The van der Waals surface area contributed by atoms with E-state index in [9.17, 15) is 14.0 Å². The summed E-state index contributed by atoms with van der Waals surface area (Å²) in [6.45, 7) is 0.257. The highest BCUT2D eigenvalue weighted by Crippen LogP contribution is 2.18. The van der Waals surface area contributed by atoms with Gasteiger partial charge < -0.3 is 15.1 Å². The average Bonchev–Trinajstić information content (AvgIpc) is 3.22. The van der Waals surface area contributed by atoms with Crippen LogP contribution in [0.25, 0.3) is 0 Å². The van der Waals surface area contributed by atoms with Crippen LogP contribution >= 0.6 is 11.8 Å². The average molecular weight is 398 g/mol. The van der Waals surface area contributed by atoms with E-state index >= 15 is 0 Å². The van der Waals surface area contributed by atoms with Crippen LogP contribution in [0, 0.1) is 5.82 Å². The van der Waals surface area contributed by atoms with Crippen LogP contribution < -0.4 is 10.6 Å². The zero-order valence-electron chi connectivity index (χ0n) is 15.0. The Labute approximate surface area is 166 Å². The van der Waals surface area contributed by atoms with Gasteiger partial charge in [0, 0.05) is 5.75 Å². The maximum atomic E-state index is 13.6. The summed E-state index contributed by atoms with van der Waals surface area (Å²) in [6.07, 6.45) is 1.54. The second-order valence-corrected chi connectivity index (χ2v) is 6.93. The molecule has 0 aliphatic rings. The Kier molecular flexibility index (Phi) is 6.86. The lowest BCUT2D eigenvalue weighted by Gasteiger charge is -2.11. The number of rotatable bonds is 8. The molecule has 0 aliphatic carbocycles. The standard InChI is InChI=1S/C21H19FN2O3S/c22-18-9-3-1-6-15(18)13-28-14-20(25)24-19-10-4-2-8-17(19)21(26)23-12-16-7-5-11-27-16/h1-11H,12-14H2,(H,23,26)(H,24,25). The maximum Gasteiger partial charge on any atom is 0.253 e. The Balaban J connectivity index is 1.54. The van der Waals surface area contributed by atoms with Crippen LogP contribution in [-0.4, -0.2) is 17.6 Å². The Morgan fingerprint density at radius 1 is 1.00 bits per heavy atom. The van der Waals surface area contributed by atoms with Crippen molar-refractivity contribution in [2.75, 3.05) is 11.1 Å². The molecule has 144 valence electrons. The van der Waals surface area contributed by atoms with Gasteiger partial charge in [-0.2, -0.15) is 0 Å². The summed E-state index contributed by atoms with van der Waals surface area (Å²) in [5.74, 6) is 0.328. The first-order valence-electron chi connectivity index (χ1n) is 8.64. The zero-order chi connectivity index (χ0) is 19.8. The van der Waals surface area contributed by atoms with Gasteiger partial charge >= 0.3 is 0 Å². The first-order valence-corrected chi connectivity index (χ1v) is 9.79. The molecule has 7 heteroatoms. The predicted octanol–water partition coefficient (Wildman–Crippen LogP) is 4.22. The summed E-state index contributed by atoms with van der Waals surface area (Å²) >= 11 is 1.31. The van der Waals surface area contributed by atoms with Gasteiger partial charge in [0.2, 0.25) is 5.91 Å². The van der Waals surface area contributed by atoms with Crippen molar-refractivity contribution >= 4 is 29.3 Å². The normalized spacial score (nSPS) is 10.5. The molecule has 0 bridgehead atoms. The largest absolute Gasteiger partial charge is 0.467 e. The van der Waals surface area contributed by atoms with Gasteiger partial charge in [-0.05, 0) is 35.9 Å². The number of carbonyl (C=O) groups is 2. The molecular formula is C21H19FN2O3S. The van der Waals surface area contributed by atoms with Gasteiger partial charge in [0.25, 0.3) is 5.91 Å². The van der Waals surface area contributed by atoms with E-state index in [4.69, 9.17) is 4.42 Å². The molecule has 0 atom stereocenters. The molecule has 1 aromatic heterocycles. The van der Waals surface area contributed by atoms with E-state index in [1.807, 2.05) is 0 Å². The van der Waals surface area contributed by atoms with Crippen LogP contribution in [0.15, 0.2) is 71.3 Å². The van der Waals surface area contributed by atoms with Crippen LogP contribution in [-0.2, 0) is 17.1 Å². The highest BCUT2D eigenvalue weighted by molar-refractivity contribution is 7.99. The Hall–Kier alpha value is -3.06. The van der Waals surface area contributed by atoms with Crippen LogP contribution in [0.1, 0.15) is 21.7 Å². The highest BCUT2D eigenvalue weighted by Gasteiger charge is 2.13. The van der Waals surface area contributed by atoms with Crippen molar-refractivity contribution in [3.8, 4) is 0 Å². The minimum atomic E-state index is -0.314. The summed E-state index contributed by atoms with van der Waals surface area (Å²) in [6, 6.07) is 16.8. The van der Waals surface area contributed by atoms with Gasteiger partial charge in [0.1, 0.15) is 11.6 Å². The molecule has 1 heterocycles. The summed E-state index contributed by atoms with van der Waals surface area (Å²) < 4.78 is 18.8. The fraction of sp³-hybridized carbons (Fsp3) is 0.143. The van der Waals surface area contributed by atoms with Crippen LogP contribution in [0.4, 0.5) is 10.1 Å². The van der Waals surface area contributed by atoms with Gasteiger partial charge in [-0.25, -0.2) is 4.39 Å². The molecule has 0 spiro atoms. The molecule has 2 aromatic carbocycles. The molecule has 0 aliphatic heterocycles. The zero-order valence-corrected chi connectivity index (χ0v) is 15.8. The molecule has 0 radical (unpaired) electrons. The second kappa shape index (κ2) is 9.75. The topological polar surface area (TPSA) is 71.3 Å². The molecule has 5 nitrogen and oxygen atoms in total. The van der Waals surface area contributed by atoms with Gasteiger partial charge in [0.05, 0.1) is 29.8 Å². The van der Waals surface area contributed by atoms with E-state index in [-0.39, 0.29) is 29.9 Å². The fourth-order valence-electron chi connectivity index (χ4n) is 2.52.